The van der Waals surface area contributed by atoms with Crippen molar-refractivity contribution in [2.24, 2.45) is 11.8 Å². The van der Waals surface area contributed by atoms with Crippen LogP contribution in [0.5, 0.6) is 0 Å². The molecular weight excluding hydrogens is 258 g/mol. The van der Waals surface area contributed by atoms with E-state index in [9.17, 15) is 9.59 Å². The molecule has 2 aliphatic heterocycles. The summed E-state index contributed by atoms with van der Waals surface area (Å²) >= 11 is 0. The molecular formula is C15H23NO4. The van der Waals surface area contributed by atoms with Crippen LogP contribution in [0.2, 0.25) is 0 Å². The predicted molar refractivity (Wildman–Crippen MR) is 74.2 cm³/mol. The zero-order chi connectivity index (χ0) is 14.7. The Bertz CT molecular complexity index is 399. The molecule has 0 spiro atoms. The second-order valence-corrected chi connectivity index (χ2v) is 5.90. The lowest BCUT2D eigenvalue weighted by atomic mass is 9.91. The number of ether oxygens (including phenoxy) is 1. The Balaban J connectivity index is 1.88. The number of aliphatic carboxylic acids is 1. The third-order valence-electron chi connectivity index (χ3n) is 4.28. The van der Waals surface area contributed by atoms with Gasteiger partial charge in [0.05, 0.1) is 12.0 Å². The number of nitrogens with zero attached hydrogens (tertiary/aromatic N) is 1. The van der Waals surface area contributed by atoms with Gasteiger partial charge in [0, 0.05) is 26.1 Å². The van der Waals surface area contributed by atoms with Gasteiger partial charge in [-0.3, -0.25) is 9.59 Å². The van der Waals surface area contributed by atoms with Crippen molar-refractivity contribution in [1.82, 2.24) is 4.90 Å². The van der Waals surface area contributed by atoms with Crippen molar-refractivity contribution in [1.29, 1.82) is 0 Å². The maximum atomic E-state index is 12.5. The van der Waals surface area contributed by atoms with Crippen LogP contribution in [0, 0.1) is 11.8 Å². The highest BCUT2D eigenvalue weighted by Crippen LogP contribution is 2.29. The van der Waals surface area contributed by atoms with E-state index in [0.29, 0.717) is 19.7 Å². The number of piperidine rings is 1. The molecule has 2 atom stereocenters. The van der Waals surface area contributed by atoms with Crippen LogP contribution in [0.1, 0.15) is 32.6 Å². The summed E-state index contributed by atoms with van der Waals surface area (Å²) in [7, 11) is 0. The molecule has 2 heterocycles. The van der Waals surface area contributed by atoms with Crippen LogP contribution in [-0.2, 0) is 14.3 Å². The van der Waals surface area contributed by atoms with E-state index in [1.807, 2.05) is 11.8 Å². The van der Waals surface area contributed by atoms with Gasteiger partial charge in [-0.05, 0) is 32.1 Å². The maximum absolute atomic E-state index is 12.5. The third-order valence-corrected chi connectivity index (χ3v) is 4.28. The summed E-state index contributed by atoms with van der Waals surface area (Å²) in [5.74, 6) is -0.512. The fourth-order valence-electron chi connectivity index (χ4n) is 3.17. The van der Waals surface area contributed by atoms with Gasteiger partial charge in [0.25, 0.3) is 0 Å². The number of rotatable bonds is 4. The van der Waals surface area contributed by atoms with Crippen LogP contribution in [-0.4, -0.2) is 47.7 Å². The Morgan fingerprint density at radius 3 is 2.50 bits per heavy atom. The van der Waals surface area contributed by atoms with Crippen molar-refractivity contribution in [3.8, 4) is 0 Å². The fourth-order valence-corrected chi connectivity index (χ4v) is 3.17. The van der Waals surface area contributed by atoms with Gasteiger partial charge in [-0.2, -0.15) is 0 Å². The average molecular weight is 281 g/mol. The number of amides is 1. The van der Waals surface area contributed by atoms with Crippen molar-refractivity contribution < 1.29 is 19.4 Å². The minimum atomic E-state index is -0.749. The Hall–Kier alpha value is -1.36. The first kappa shape index (κ1) is 15.0. The second kappa shape index (κ2) is 6.39. The minimum absolute atomic E-state index is 0.108. The number of carbonyl (C=O) groups is 2. The van der Waals surface area contributed by atoms with E-state index in [-0.39, 0.29) is 30.3 Å². The van der Waals surface area contributed by atoms with Gasteiger partial charge in [-0.1, -0.05) is 12.2 Å². The summed E-state index contributed by atoms with van der Waals surface area (Å²) in [5, 5.41) is 8.80. The monoisotopic (exact) mass is 281 g/mol. The van der Waals surface area contributed by atoms with E-state index < -0.39 is 5.97 Å². The standard InChI is InChI=1S/C15H23NO4/c1-10(2)14-12(5-8-20-14)15(19)16-6-3-11(4-7-16)9-13(17)18/h11-12,14H,1,3-9H2,2H3,(H,17,18)/t12-,14-/m0/s1. The van der Waals surface area contributed by atoms with E-state index in [4.69, 9.17) is 9.84 Å². The van der Waals surface area contributed by atoms with E-state index in [0.717, 1.165) is 24.8 Å². The second-order valence-electron chi connectivity index (χ2n) is 5.90. The molecule has 0 aromatic heterocycles. The fraction of sp³-hybridized carbons (Fsp3) is 0.733. The molecule has 0 aromatic carbocycles. The van der Waals surface area contributed by atoms with Crippen LogP contribution >= 0.6 is 0 Å². The van der Waals surface area contributed by atoms with Crippen LogP contribution in [0.25, 0.3) is 0 Å². The molecule has 0 aliphatic carbocycles. The van der Waals surface area contributed by atoms with Crippen molar-refractivity contribution in [2.45, 2.75) is 38.7 Å². The first-order valence-electron chi connectivity index (χ1n) is 7.26. The first-order valence-corrected chi connectivity index (χ1v) is 7.26. The van der Waals surface area contributed by atoms with E-state index in [1.54, 1.807) is 0 Å². The van der Waals surface area contributed by atoms with E-state index >= 15 is 0 Å². The normalized spacial score (nSPS) is 27.6. The van der Waals surface area contributed by atoms with Crippen LogP contribution in [0.4, 0.5) is 0 Å². The molecule has 2 saturated heterocycles. The lowest BCUT2D eigenvalue weighted by Gasteiger charge is -2.34. The molecule has 20 heavy (non-hydrogen) atoms. The Morgan fingerprint density at radius 1 is 1.30 bits per heavy atom. The molecule has 0 bridgehead atoms. The van der Waals surface area contributed by atoms with Crippen molar-refractivity contribution in [2.75, 3.05) is 19.7 Å². The van der Waals surface area contributed by atoms with Gasteiger partial charge >= 0.3 is 5.97 Å². The minimum Gasteiger partial charge on any atom is -0.481 e. The number of hydrogen-bond acceptors (Lipinski definition) is 3. The summed E-state index contributed by atoms with van der Waals surface area (Å²) in [6, 6.07) is 0. The van der Waals surface area contributed by atoms with Crippen molar-refractivity contribution >= 4 is 11.9 Å². The zero-order valence-electron chi connectivity index (χ0n) is 12.0. The molecule has 2 fully saturated rings. The van der Waals surface area contributed by atoms with Gasteiger partial charge in [-0.25, -0.2) is 0 Å². The molecule has 0 radical (unpaired) electrons. The van der Waals surface area contributed by atoms with Gasteiger partial charge < -0.3 is 14.7 Å². The molecule has 1 N–H and O–H groups in total. The van der Waals surface area contributed by atoms with Gasteiger partial charge in [0.15, 0.2) is 0 Å². The summed E-state index contributed by atoms with van der Waals surface area (Å²) in [5.41, 5.74) is 0.904. The molecule has 1 amide bonds. The number of hydrogen-bond donors (Lipinski definition) is 1. The van der Waals surface area contributed by atoms with E-state index in [2.05, 4.69) is 6.58 Å². The number of carbonyl (C=O) groups excluding carboxylic acids is 1. The Kier molecular flexibility index (Phi) is 4.81. The van der Waals surface area contributed by atoms with Gasteiger partial charge in [-0.15, -0.1) is 0 Å². The highest BCUT2D eigenvalue weighted by molar-refractivity contribution is 5.80. The lowest BCUT2D eigenvalue weighted by Crippen LogP contribution is -2.44. The Morgan fingerprint density at radius 2 is 1.95 bits per heavy atom. The smallest absolute Gasteiger partial charge is 0.303 e. The quantitative estimate of drug-likeness (QED) is 0.796. The largest absolute Gasteiger partial charge is 0.481 e. The molecule has 2 rings (SSSR count). The van der Waals surface area contributed by atoms with E-state index in [1.165, 1.54) is 0 Å². The molecule has 2 aliphatic rings. The lowest BCUT2D eigenvalue weighted by molar-refractivity contribution is -0.139. The average Bonchev–Trinajstić information content (AvgIpc) is 2.87. The van der Waals surface area contributed by atoms with Crippen LogP contribution in [0.15, 0.2) is 12.2 Å². The molecule has 0 aromatic rings. The first-order chi connectivity index (χ1) is 9.49. The summed E-state index contributed by atoms with van der Waals surface area (Å²) in [4.78, 5) is 25.1. The van der Waals surface area contributed by atoms with Crippen LogP contribution in [0.3, 0.4) is 0 Å². The molecule has 5 heteroatoms. The molecule has 0 unspecified atom stereocenters. The molecule has 5 nitrogen and oxygen atoms in total. The highest BCUT2D eigenvalue weighted by Gasteiger charge is 2.38. The highest BCUT2D eigenvalue weighted by atomic mass is 16.5. The summed E-state index contributed by atoms with van der Waals surface area (Å²) in [6.45, 7) is 7.74. The Labute approximate surface area is 119 Å². The van der Waals surface area contributed by atoms with Gasteiger partial charge in [0.1, 0.15) is 0 Å². The zero-order valence-corrected chi connectivity index (χ0v) is 12.0. The molecule has 112 valence electrons. The van der Waals surface area contributed by atoms with Crippen molar-refractivity contribution in [3.63, 3.8) is 0 Å². The SMILES string of the molecule is C=C(C)[C@@H]1OCC[C@@H]1C(=O)N1CCC(CC(=O)O)CC1. The number of carboxylic acid groups (broad SMARTS) is 1. The molecule has 0 saturated carbocycles. The number of likely N-dealkylation sites (tertiary alicyclic amines) is 1. The topological polar surface area (TPSA) is 66.8 Å². The third kappa shape index (κ3) is 3.39. The summed E-state index contributed by atoms with van der Waals surface area (Å²) in [6.07, 6.45) is 2.38. The van der Waals surface area contributed by atoms with Gasteiger partial charge in [0.2, 0.25) is 5.91 Å². The van der Waals surface area contributed by atoms with Crippen molar-refractivity contribution in [3.05, 3.63) is 12.2 Å². The summed E-state index contributed by atoms with van der Waals surface area (Å²) < 4.78 is 5.59. The maximum Gasteiger partial charge on any atom is 0.303 e. The number of carboxylic acids is 1. The predicted octanol–water partition coefficient (Wildman–Crippen LogP) is 1.68. The van der Waals surface area contributed by atoms with Crippen LogP contribution < -0.4 is 0 Å².